The first-order chi connectivity index (χ1) is 16.1. The van der Waals surface area contributed by atoms with Crippen LogP contribution in [-0.4, -0.2) is 47.2 Å². The first kappa shape index (κ1) is 21.6. The molecule has 170 valence electrons. The number of nitrogens with zero attached hydrogens (tertiary/aromatic N) is 2. The molecular weight excluding hydrogens is 414 g/mol. The maximum absolute atomic E-state index is 13.1. The van der Waals surface area contributed by atoms with Gasteiger partial charge in [0, 0.05) is 24.4 Å². The summed E-state index contributed by atoms with van der Waals surface area (Å²) in [6.07, 6.45) is 4.70. The number of hydrogen-bond acceptors (Lipinski definition) is 5. The van der Waals surface area contributed by atoms with Gasteiger partial charge in [0.05, 0.1) is 24.8 Å². The molecule has 2 heterocycles. The highest BCUT2D eigenvalue weighted by molar-refractivity contribution is 5.97. The zero-order valence-corrected chi connectivity index (χ0v) is 18.8. The number of likely N-dealkylation sites (tertiary alicyclic amines) is 1. The summed E-state index contributed by atoms with van der Waals surface area (Å²) < 4.78 is 5.36. The monoisotopic (exact) mass is 443 g/mol. The van der Waals surface area contributed by atoms with Crippen LogP contribution in [0.15, 0.2) is 73.1 Å². The Hall–Kier alpha value is -3.22. The lowest BCUT2D eigenvalue weighted by Crippen LogP contribution is -2.49. The largest absolute Gasteiger partial charge is 0.496 e. The Balaban J connectivity index is 1.37. The van der Waals surface area contributed by atoms with Gasteiger partial charge >= 0.3 is 0 Å². The third-order valence-corrected chi connectivity index (χ3v) is 7.23. The van der Waals surface area contributed by atoms with Crippen LogP contribution in [0, 0.1) is 0 Å². The van der Waals surface area contributed by atoms with Crippen LogP contribution >= 0.6 is 0 Å². The third kappa shape index (κ3) is 3.90. The van der Waals surface area contributed by atoms with E-state index in [1.165, 1.54) is 5.56 Å². The van der Waals surface area contributed by atoms with Gasteiger partial charge < -0.3 is 15.2 Å². The Kier molecular flexibility index (Phi) is 5.87. The number of hydrogen-bond donors (Lipinski definition) is 2. The standard InChI is InChI=1S/C27H29N3O3/c1-33-23-11-5-3-9-21(23)26(32)29-24-20-8-2-4-10-22(20)27(25(24)31)12-15-30(16-13-27)18-19-7-6-14-28-17-19/h2-11,14,17,24-25,31H,12-13,15-16,18H2,1H3,(H,29,32)/t24-,25+/m1/s1. The van der Waals surface area contributed by atoms with Crippen molar-refractivity contribution in [1.82, 2.24) is 15.2 Å². The summed E-state index contributed by atoms with van der Waals surface area (Å²) >= 11 is 0. The molecule has 1 amide bonds. The maximum atomic E-state index is 13.1. The number of methoxy groups -OCH3 is 1. The number of carbonyl (C=O) groups is 1. The number of pyridine rings is 1. The van der Waals surface area contributed by atoms with Crippen molar-refractivity contribution in [3.8, 4) is 5.75 Å². The Labute approximate surface area is 194 Å². The van der Waals surface area contributed by atoms with Crippen molar-refractivity contribution in [2.75, 3.05) is 20.2 Å². The fraction of sp³-hybridized carbons (Fsp3) is 0.333. The summed E-state index contributed by atoms with van der Waals surface area (Å²) in [7, 11) is 1.56. The number of ether oxygens (including phenoxy) is 1. The van der Waals surface area contributed by atoms with E-state index in [0.29, 0.717) is 11.3 Å². The summed E-state index contributed by atoms with van der Waals surface area (Å²) in [6.45, 7) is 2.62. The minimum absolute atomic E-state index is 0.239. The molecule has 1 aliphatic carbocycles. The molecule has 6 nitrogen and oxygen atoms in total. The van der Waals surface area contributed by atoms with Crippen molar-refractivity contribution in [3.63, 3.8) is 0 Å². The van der Waals surface area contributed by atoms with Gasteiger partial charge in [-0.15, -0.1) is 0 Å². The molecule has 1 fully saturated rings. The van der Waals surface area contributed by atoms with Gasteiger partial charge in [0.1, 0.15) is 5.75 Å². The van der Waals surface area contributed by atoms with E-state index in [1.54, 1.807) is 25.4 Å². The van der Waals surface area contributed by atoms with Crippen LogP contribution in [0.2, 0.25) is 0 Å². The first-order valence-electron chi connectivity index (χ1n) is 11.4. The van der Waals surface area contributed by atoms with Crippen molar-refractivity contribution in [2.45, 2.75) is 36.9 Å². The molecule has 0 radical (unpaired) electrons. The molecular formula is C27H29N3O3. The molecule has 2 aromatic carbocycles. The summed E-state index contributed by atoms with van der Waals surface area (Å²) in [5.41, 5.74) is 3.47. The molecule has 1 aliphatic heterocycles. The maximum Gasteiger partial charge on any atom is 0.255 e. The predicted octanol–water partition coefficient (Wildman–Crippen LogP) is 3.47. The van der Waals surface area contributed by atoms with Crippen LogP contribution in [-0.2, 0) is 12.0 Å². The smallest absolute Gasteiger partial charge is 0.255 e. The van der Waals surface area contributed by atoms with Crippen molar-refractivity contribution in [2.24, 2.45) is 0 Å². The number of benzene rings is 2. The Morgan fingerprint density at radius 1 is 1.12 bits per heavy atom. The van der Waals surface area contributed by atoms with Gasteiger partial charge in [-0.05, 0) is 60.8 Å². The second-order valence-electron chi connectivity index (χ2n) is 8.98. The molecule has 2 aliphatic rings. The van der Waals surface area contributed by atoms with Gasteiger partial charge in [-0.2, -0.15) is 0 Å². The highest BCUT2D eigenvalue weighted by Gasteiger charge is 2.53. The quantitative estimate of drug-likeness (QED) is 0.632. The molecule has 5 rings (SSSR count). The fourth-order valence-electron chi connectivity index (χ4n) is 5.50. The highest BCUT2D eigenvalue weighted by Crippen LogP contribution is 2.51. The molecule has 1 saturated heterocycles. The summed E-state index contributed by atoms with van der Waals surface area (Å²) in [4.78, 5) is 19.8. The van der Waals surface area contributed by atoms with Crippen LogP contribution in [0.3, 0.4) is 0 Å². The van der Waals surface area contributed by atoms with Crippen molar-refractivity contribution in [3.05, 3.63) is 95.3 Å². The number of fused-ring (bicyclic) bond motifs is 2. The zero-order valence-electron chi connectivity index (χ0n) is 18.8. The molecule has 6 heteroatoms. The van der Waals surface area contributed by atoms with Gasteiger partial charge in [0.2, 0.25) is 0 Å². The molecule has 1 spiro atoms. The highest BCUT2D eigenvalue weighted by atomic mass is 16.5. The molecule has 2 N–H and O–H groups in total. The first-order valence-corrected chi connectivity index (χ1v) is 11.4. The number of piperidine rings is 1. The number of aromatic nitrogens is 1. The van der Waals surface area contributed by atoms with E-state index in [9.17, 15) is 9.90 Å². The van der Waals surface area contributed by atoms with Crippen LogP contribution in [0.5, 0.6) is 5.75 Å². The predicted molar refractivity (Wildman–Crippen MR) is 126 cm³/mol. The second kappa shape index (κ2) is 8.96. The number of para-hydroxylation sites is 1. The number of rotatable bonds is 5. The molecule has 33 heavy (non-hydrogen) atoms. The van der Waals surface area contributed by atoms with Crippen molar-refractivity contribution in [1.29, 1.82) is 0 Å². The van der Waals surface area contributed by atoms with Gasteiger partial charge in [-0.1, -0.05) is 42.5 Å². The number of aliphatic hydroxyl groups excluding tert-OH is 1. The minimum Gasteiger partial charge on any atom is -0.496 e. The third-order valence-electron chi connectivity index (χ3n) is 7.23. The van der Waals surface area contributed by atoms with Crippen LogP contribution in [0.25, 0.3) is 0 Å². The van der Waals surface area contributed by atoms with Crippen molar-refractivity contribution < 1.29 is 14.6 Å². The Morgan fingerprint density at radius 2 is 1.88 bits per heavy atom. The zero-order chi connectivity index (χ0) is 22.8. The van der Waals surface area contributed by atoms with Crippen LogP contribution in [0.4, 0.5) is 0 Å². The van der Waals surface area contributed by atoms with E-state index in [1.807, 2.05) is 42.6 Å². The van der Waals surface area contributed by atoms with E-state index in [4.69, 9.17) is 4.74 Å². The fourth-order valence-corrected chi connectivity index (χ4v) is 5.50. The number of amides is 1. The topological polar surface area (TPSA) is 74.7 Å². The minimum atomic E-state index is -0.686. The lowest BCUT2D eigenvalue weighted by atomic mass is 9.72. The van der Waals surface area contributed by atoms with Gasteiger partial charge in [-0.3, -0.25) is 14.7 Å². The van der Waals surface area contributed by atoms with Crippen molar-refractivity contribution >= 4 is 5.91 Å². The van der Waals surface area contributed by atoms with E-state index < -0.39 is 12.1 Å². The SMILES string of the molecule is COc1ccccc1C(=O)N[C@@H]1c2ccccc2C2(CCN(Cc3cccnc3)CC2)[C@H]1O. The van der Waals surface area contributed by atoms with Gasteiger partial charge in [0.25, 0.3) is 5.91 Å². The van der Waals surface area contributed by atoms with Crippen LogP contribution < -0.4 is 10.1 Å². The Morgan fingerprint density at radius 3 is 2.64 bits per heavy atom. The molecule has 2 atom stereocenters. The van der Waals surface area contributed by atoms with Crippen LogP contribution in [0.1, 0.15) is 45.9 Å². The van der Waals surface area contributed by atoms with E-state index in [0.717, 1.165) is 43.6 Å². The summed E-state index contributed by atoms with van der Waals surface area (Å²) in [5, 5.41) is 14.7. The molecule has 0 saturated carbocycles. The van der Waals surface area contributed by atoms with E-state index in [2.05, 4.69) is 27.3 Å². The summed E-state index contributed by atoms with van der Waals surface area (Å²) in [6, 6.07) is 18.9. The lowest BCUT2D eigenvalue weighted by Gasteiger charge is -2.42. The van der Waals surface area contributed by atoms with E-state index >= 15 is 0 Å². The van der Waals surface area contributed by atoms with Gasteiger partial charge in [-0.25, -0.2) is 0 Å². The number of nitrogens with one attached hydrogen (secondary N) is 1. The Bertz CT molecular complexity index is 1130. The molecule has 3 aromatic rings. The molecule has 1 aromatic heterocycles. The normalized spacial score (nSPS) is 21.5. The number of carbonyl (C=O) groups excluding carboxylic acids is 1. The molecule has 0 bridgehead atoms. The number of aliphatic hydroxyl groups is 1. The lowest BCUT2D eigenvalue weighted by molar-refractivity contribution is 0.0192. The average Bonchev–Trinajstić information content (AvgIpc) is 3.09. The van der Waals surface area contributed by atoms with Gasteiger partial charge in [0.15, 0.2) is 0 Å². The average molecular weight is 444 g/mol. The second-order valence-corrected chi connectivity index (χ2v) is 8.98. The summed E-state index contributed by atoms with van der Waals surface area (Å²) in [5.74, 6) is 0.284. The molecule has 0 unspecified atom stereocenters. The van der Waals surface area contributed by atoms with E-state index in [-0.39, 0.29) is 11.3 Å².